The van der Waals surface area contributed by atoms with Gasteiger partial charge in [-0.05, 0) is 51.8 Å². The summed E-state index contributed by atoms with van der Waals surface area (Å²) in [6.45, 7) is 0. The largest absolute Gasteiger partial charge is 0.218 e. The van der Waals surface area contributed by atoms with Gasteiger partial charge in [0, 0.05) is 5.02 Å². The summed E-state index contributed by atoms with van der Waals surface area (Å²) in [5, 5.41) is 0.610. The molecule has 0 aliphatic carbocycles. The Morgan fingerprint density at radius 2 is 1.58 bits per heavy atom. The first-order valence-corrected chi connectivity index (χ1v) is 8.08. The zero-order valence-corrected chi connectivity index (χ0v) is 12.9. The Bertz CT molecular complexity index is 692. The fourth-order valence-corrected chi connectivity index (χ4v) is 3.46. The minimum absolute atomic E-state index is 0.119. The van der Waals surface area contributed by atoms with Crippen LogP contribution in [0.3, 0.4) is 0 Å². The second-order valence-electron chi connectivity index (χ2n) is 3.82. The van der Waals surface area contributed by atoms with E-state index in [9.17, 15) is 8.42 Å². The van der Waals surface area contributed by atoms with Gasteiger partial charge >= 0.3 is 0 Å². The zero-order chi connectivity index (χ0) is 13.9. The van der Waals surface area contributed by atoms with E-state index in [1.54, 1.807) is 60.7 Å². The van der Waals surface area contributed by atoms with Crippen LogP contribution in [0.25, 0.3) is 6.08 Å². The number of hydrogen-bond acceptors (Lipinski definition) is 2. The van der Waals surface area contributed by atoms with Crippen LogP contribution in [0.2, 0.25) is 5.02 Å². The Hall–Kier alpha value is -1.10. The third kappa shape index (κ3) is 3.47. The SMILES string of the molecule is O=S(=O)(/C(Br)=C/c1ccc(Cl)cc1)c1ccccc1. The summed E-state index contributed by atoms with van der Waals surface area (Å²) in [4.78, 5) is 0.257. The van der Waals surface area contributed by atoms with E-state index < -0.39 is 9.84 Å². The molecule has 0 bridgehead atoms. The third-order valence-electron chi connectivity index (χ3n) is 2.46. The Kier molecular flexibility index (Phi) is 4.45. The molecular weight excluding hydrogens is 348 g/mol. The standard InChI is InChI=1S/C14H10BrClO2S/c15-14(10-11-6-8-12(16)9-7-11)19(17,18)13-4-2-1-3-5-13/h1-10H/b14-10+. The smallest absolute Gasteiger partial charge is 0.213 e. The molecule has 98 valence electrons. The van der Waals surface area contributed by atoms with Crippen LogP contribution in [0, 0.1) is 0 Å². The van der Waals surface area contributed by atoms with E-state index in [4.69, 9.17) is 11.6 Å². The molecule has 0 aliphatic heterocycles. The molecular formula is C14H10BrClO2S. The normalized spacial score (nSPS) is 12.4. The topological polar surface area (TPSA) is 34.1 Å². The van der Waals surface area contributed by atoms with Gasteiger partial charge in [-0.15, -0.1) is 0 Å². The number of hydrogen-bond donors (Lipinski definition) is 0. The van der Waals surface area contributed by atoms with Crippen LogP contribution in [0.4, 0.5) is 0 Å². The van der Waals surface area contributed by atoms with Crippen LogP contribution in [-0.4, -0.2) is 8.42 Å². The van der Waals surface area contributed by atoms with Crippen molar-refractivity contribution in [1.29, 1.82) is 0 Å². The van der Waals surface area contributed by atoms with Crippen LogP contribution in [0.1, 0.15) is 5.56 Å². The Morgan fingerprint density at radius 1 is 1.00 bits per heavy atom. The van der Waals surface area contributed by atoms with Crippen molar-refractivity contribution < 1.29 is 8.42 Å². The summed E-state index contributed by atoms with van der Waals surface area (Å²) in [7, 11) is -3.50. The van der Waals surface area contributed by atoms with Gasteiger partial charge in [0.2, 0.25) is 9.84 Å². The maximum absolute atomic E-state index is 12.3. The lowest BCUT2D eigenvalue weighted by Gasteiger charge is -2.03. The number of benzene rings is 2. The van der Waals surface area contributed by atoms with Crippen molar-refractivity contribution in [1.82, 2.24) is 0 Å². The van der Waals surface area contributed by atoms with Crippen LogP contribution in [0.5, 0.6) is 0 Å². The number of rotatable bonds is 3. The van der Waals surface area contributed by atoms with Gasteiger partial charge in [-0.3, -0.25) is 0 Å². The molecule has 2 aromatic carbocycles. The average Bonchev–Trinajstić information content (AvgIpc) is 2.42. The maximum Gasteiger partial charge on any atom is 0.213 e. The second kappa shape index (κ2) is 5.90. The molecule has 0 saturated heterocycles. The van der Waals surface area contributed by atoms with Crippen molar-refractivity contribution in [3.8, 4) is 0 Å². The first kappa shape index (κ1) is 14.3. The molecule has 0 amide bonds. The van der Waals surface area contributed by atoms with Crippen molar-refractivity contribution in [2.24, 2.45) is 0 Å². The molecule has 2 nitrogen and oxygen atoms in total. The highest BCUT2D eigenvalue weighted by Gasteiger charge is 2.17. The average molecular weight is 358 g/mol. The van der Waals surface area contributed by atoms with Crippen molar-refractivity contribution in [2.75, 3.05) is 0 Å². The minimum atomic E-state index is -3.50. The summed E-state index contributed by atoms with van der Waals surface area (Å²) >= 11 is 8.91. The van der Waals surface area contributed by atoms with Crippen molar-refractivity contribution in [3.05, 3.63) is 69.0 Å². The summed E-state index contributed by atoms with van der Waals surface area (Å²) in [6.07, 6.45) is 1.55. The first-order chi connectivity index (χ1) is 9.00. The van der Waals surface area contributed by atoms with E-state index in [2.05, 4.69) is 15.9 Å². The van der Waals surface area contributed by atoms with E-state index in [1.165, 1.54) is 0 Å². The number of halogens is 2. The van der Waals surface area contributed by atoms with Gasteiger partial charge in [-0.25, -0.2) is 8.42 Å². The van der Waals surface area contributed by atoms with E-state index in [0.717, 1.165) is 5.56 Å². The molecule has 19 heavy (non-hydrogen) atoms. The number of sulfone groups is 1. The molecule has 0 spiro atoms. The summed E-state index contributed by atoms with van der Waals surface area (Å²) in [6, 6.07) is 15.2. The highest BCUT2D eigenvalue weighted by atomic mass is 79.9. The fourth-order valence-electron chi connectivity index (χ4n) is 1.48. The zero-order valence-electron chi connectivity index (χ0n) is 9.75. The fraction of sp³-hybridized carbons (Fsp3) is 0. The molecule has 0 unspecified atom stereocenters. The van der Waals surface area contributed by atoms with Gasteiger partial charge in [-0.2, -0.15) is 0 Å². The van der Waals surface area contributed by atoms with Crippen LogP contribution >= 0.6 is 27.5 Å². The van der Waals surface area contributed by atoms with Gasteiger partial charge in [0.25, 0.3) is 0 Å². The van der Waals surface area contributed by atoms with Crippen molar-refractivity contribution >= 4 is 43.4 Å². The molecule has 0 aliphatic rings. The third-order valence-corrected chi connectivity index (χ3v) is 5.74. The van der Waals surface area contributed by atoms with Crippen molar-refractivity contribution in [2.45, 2.75) is 4.90 Å². The van der Waals surface area contributed by atoms with E-state index in [0.29, 0.717) is 5.02 Å². The quantitative estimate of drug-likeness (QED) is 0.810. The van der Waals surface area contributed by atoms with Gasteiger partial charge in [0.1, 0.15) is 3.81 Å². The van der Waals surface area contributed by atoms with Crippen LogP contribution in [0.15, 0.2) is 63.3 Å². The molecule has 0 heterocycles. The minimum Gasteiger partial charge on any atom is -0.218 e. The molecule has 2 aromatic rings. The Balaban J connectivity index is 2.38. The van der Waals surface area contributed by atoms with Gasteiger partial charge < -0.3 is 0 Å². The molecule has 0 fully saturated rings. The lowest BCUT2D eigenvalue weighted by Crippen LogP contribution is -1.99. The molecule has 0 atom stereocenters. The van der Waals surface area contributed by atoms with E-state index >= 15 is 0 Å². The second-order valence-corrected chi connectivity index (χ2v) is 7.55. The van der Waals surface area contributed by atoms with Gasteiger partial charge in [0.15, 0.2) is 0 Å². The lowest BCUT2D eigenvalue weighted by molar-refractivity contribution is 0.604. The van der Waals surface area contributed by atoms with E-state index in [1.807, 2.05) is 0 Å². The predicted molar refractivity (Wildman–Crippen MR) is 82.0 cm³/mol. The first-order valence-electron chi connectivity index (χ1n) is 5.43. The molecule has 2 rings (SSSR count). The maximum atomic E-state index is 12.3. The summed E-state index contributed by atoms with van der Waals surface area (Å²) in [5.41, 5.74) is 0.760. The van der Waals surface area contributed by atoms with Gasteiger partial charge in [-0.1, -0.05) is 41.9 Å². The summed E-state index contributed by atoms with van der Waals surface area (Å²) < 4.78 is 24.6. The predicted octanol–water partition coefficient (Wildman–Crippen LogP) is 4.51. The highest BCUT2D eigenvalue weighted by Crippen LogP contribution is 2.26. The molecule has 0 radical (unpaired) electrons. The van der Waals surface area contributed by atoms with Crippen molar-refractivity contribution in [3.63, 3.8) is 0 Å². The van der Waals surface area contributed by atoms with Crippen LogP contribution < -0.4 is 0 Å². The Morgan fingerprint density at radius 3 is 2.16 bits per heavy atom. The highest BCUT2D eigenvalue weighted by molar-refractivity contribution is 9.13. The molecule has 0 N–H and O–H groups in total. The summed E-state index contributed by atoms with van der Waals surface area (Å²) in [5.74, 6) is 0. The van der Waals surface area contributed by atoms with Gasteiger partial charge in [0.05, 0.1) is 4.90 Å². The molecule has 5 heteroatoms. The lowest BCUT2D eigenvalue weighted by atomic mass is 10.2. The van der Waals surface area contributed by atoms with E-state index in [-0.39, 0.29) is 8.71 Å². The Labute approximate surface area is 125 Å². The monoisotopic (exact) mass is 356 g/mol. The molecule has 0 aromatic heterocycles. The van der Waals surface area contributed by atoms with Crippen LogP contribution in [-0.2, 0) is 9.84 Å². The molecule has 0 saturated carbocycles.